The summed E-state index contributed by atoms with van der Waals surface area (Å²) in [6.45, 7) is 1.76. The molecule has 19 heavy (non-hydrogen) atoms. The third-order valence-corrected chi connectivity index (χ3v) is 3.50. The molecule has 7 heteroatoms. The molecule has 5 nitrogen and oxygen atoms in total. The van der Waals surface area contributed by atoms with Gasteiger partial charge in [0.15, 0.2) is 0 Å². The van der Waals surface area contributed by atoms with E-state index in [0.29, 0.717) is 10.6 Å². The molecule has 0 atom stereocenters. The summed E-state index contributed by atoms with van der Waals surface area (Å²) in [5.74, 6) is -0.583. The van der Waals surface area contributed by atoms with Crippen molar-refractivity contribution in [2.24, 2.45) is 0 Å². The Labute approximate surface area is 112 Å². The van der Waals surface area contributed by atoms with Crippen LogP contribution in [0.15, 0.2) is 23.6 Å². The van der Waals surface area contributed by atoms with Gasteiger partial charge in [0.25, 0.3) is 5.69 Å². The van der Waals surface area contributed by atoms with Gasteiger partial charge in [-0.25, -0.2) is 4.39 Å². The summed E-state index contributed by atoms with van der Waals surface area (Å²) >= 11 is 1.24. The first-order chi connectivity index (χ1) is 9.02. The summed E-state index contributed by atoms with van der Waals surface area (Å²) in [5.41, 5.74) is 0.970. The maximum Gasteiger partial charge on any atom is 0.292 e. The lowest BCUT2D eigenvalue weighted by Gasteiger charge is -2.05. The van der Waals surface area contributed by atoms with Gasteiger partial charge in [0, 0.05) is 12.1 Å². The summed E-state index contributed by atoms with van der Waals surface area (Å²) in [6.07, 6.45) is 0. The topological polar surface area (TPSA) is 79.0 Å². The van der Waals surface area contributed by atoms with E-state index in [1.54, 1.807) is 12.3 Å². The Balaban J connectivity index is 2.46. The Kier molecular flexibility index (Phi) is 3.44. The van der Waals surface area contributed by atoms with Gasteiger partial charge in [-0.1, -0.05) is 0 Å². The van der Waals surface area contributed by atoms with Crippen molar-refractivity contribution in [3.63, 3.8) is 0 Å². The number of nitro groups is 1. The van der Waals surface area contributed by atoms with E-state index >= 15 is 0 Å². The van der Waals surface area contributed by atoms with Crippen LogP contribution in [0.1, 0.15) is 11.1 Å². The standard InChI is InChI=1S/C12H8FN3O2S/c1-7-6-19-12(9(7)5-14)15-10-4-8(13)2-3-11(10)16(17)18/h2-4,6,15H,1H3. The highest BCUT2D eigenvalue weighted by Gasteiger charge is 2.17. The number of anilines is 2. The van der Waals surface area contributed by atoms with Crippen molar-refractivity contribution in [2.45, 2.75) is 6.92 Å². The molecule has 0 fully saturated rings. The molecule has 0 aliphatic carbocycles. The second kappa shape index (κ2) is 5.04. The van der Waals surface area contributed by atoms with Crippen LogP contribution in [0.2, 0.25) is 0 Å². The molecular formula is C12H8FN3O2S. The summed E-state index contributed by atoms with van der Waals surface area (Å²) in [4.78, 5) is 10.3. The van der Waals surface area contributed by atoms with E-state index in [0.717, 1.165) is 23.8 Å². The van der Waals surface area contributed by atoms with E-state index < -0.39 is 10.7 Å². The third-order valence-electron chi connectivity index (χ3n) is 2.49. The van der Waals surface area contributed by atoms with Crippen LogP contribution in [0.4, 0.5) is 20.8 Å². The number of hydrogen-bond acceptors (Lipinski definition) is 5. The normalized spacial score (nSPS) is 9.95. The highest BCUT2D eigenvalue weighted by molar-refractivity contribution is 7.14. The van der Waals surface area contributed by atoms with Gasteiger partial charge < -0.3 is 5.32 Å². The zero-order valence-corrected chi connectivity index (χ0v) is 10.6. The first kappa shape index (κ1) is 13.0. The fourth-order valence-corrected chi connectivity index (χ4v) is 2.47. The van der Waals surface area contributed by atoms with Crippen molar-refractivity contribution in [1.29, 1.82) is 5.26 Å². The summed E-state index contributed by atoms with van der Waals surface area (Å²) < 4.78 is 13.2. The summed E-state index contributed by atoms with van der Waals surface area (Å²) in [7, 11) is 0. The lowest BCUT2D eigenvalue weighted by molar-refractivity contribution is -0.384. The monoisotopic (exact) mass is 277 g/mol. The number of benzene rings is 1. The SMILES string of the molecule is Cc1csc(Nc2cc(F)ccc2[N+](=O)[O-])c1C#N. The summed E-state index contributed by atoms with van der Waals surface area (Å²) in [5, 5.41) is 24.8. The molecule has 2 aromatic rings. The van der Waals surface area contributed by atoms with Crippen LogP contribution in [0.3, 0.4) is 0 Å². The van der Waals surface area contributed by atoms with Crippen LogP contribution < -0.4 is 5.32 Å². The predicted molar refractivity (Wildman–Crippen MR) is 70.1 cm³/mol. The highest BCUT2D eigenvalue weighted by atomic mass is 32.1. The first-order valence-electron chi connectivity index (χ1n) is 5.22. The number of thiophene rings is 1. The van der Waals surface area contributed by atoms with Gasteiger partial charge in [-0.15, -0.1) is 11.3 Å². The number of nitriles is 1. The molecule has 1 heterocycles. The fourth-order valence-electron chi connectivity index (χ4n) is 1.57. The molecule has 1 N–H and O–H groups in total. The quantitative estimate of drug-likeness (QED) is 0.685. The number of aryl methyl sites for hydroxylation is 1. The first-order valence-corrected chi connectivity index (χ1v) is 6.10. The molecule has 1 aromatic heterocycles. The second-order valence-electron chi connectivity index (χ2n) is 3.78. The zero-order chi connectivity index (χ0) is 14.0. The Hall–Kier alpha value is -2.46. The number of rotatable bonds is 3. The summed E-state index contributed by atoms with van der Waals surface area (Å²) in [6, 6.07) is 5.16. The minimum atomic E-state index is -0.603. The smallest absolute Gasteiger partial charge is 0.292 e. The van der Waals surface area contributed by atoms with Gasteiger partial charge in [0.05, 0.1) is 10.5 Å². The molecular weight excluding hydrogens is 269 g/mol. The fraction of sp³-hybridized carbons (Fsp3) is 0.0833. The molecule has 2 rings (SSSR count). The average molecular weight is 277 g/mol. The third kappa shape index (κ3) is 2.53. The van der Waals surface area contributed by atoms with Gasteiger partial charge >= 0.3 is 0 Å². The second-order valence-corrected chi connectivity index (χ2v) is 4.66. The molecule has 0 amide bonds. The minimum Gasteiger partial charge on any atom is -0.340 e. The largest absolute Gasteiger partial charge is 0.340 e. The number of nitro benzene ring substituents is 1. The van der Waals surface area contributed by atoms with Gasteiger partial charge in [-0.05, 0) is 23.9 Å². The predicted octanol–water partition coefficient (Wildman–Crippen LogP) is 3.72. The Bertz CT molecular complexity index is 691. The molecule has 0 unspecified atom stereocenters. The van der Waals surface area contributed by atoms with Crippen LogP contribution in [-0.2, 0) is 0 Å². The van der Waals surface area contributed by atoms with E-state index in [2.05, 4.69) is 5.32 Å². The molecule has 1 aromatic carbocycles. The van der Waals surface area contributed by atoms with Crippen molar-refractivity contribution >= 4 is 27.7 Å². The molecule has 96 valence electrons. The molecule has 0 aliphatic rings. The maximum atomic E-state index is 13.2. The number of nitrogens with zero attached hydrogens (tertiary/aromatic N) is 2. The highest BCUT2D eigenvalue weighted by Crippen LogP contribution is 2.34. The molecule has 0 radical (unpaired) electrons. The Morgan fingerprint density at radius 2 is 2.26 bits per heavy atom. The minimum absolute atomic E-state index is 0.0309. The van der Waals surface area contributed by atoms with Crippen LogP contribution >= 0.6 is 11.3 Å². The van der Waals surface area contributed by atoms with Gasteiger partial charge in [0.1, 0.15) is 22.6 Å². The van der Waals surface area contributed by atoms with Crippen molar-refractivity contribution in [3.05, 3.63) is 50.6 Å². The molecule has 0 saturated carbocycles. The lowest BCUT2D eigenvalue weighted by Crippen LogP contribution is -1.97. The van der Waals surface area contributed by atoms with E-state index in [1.807, 2.05) is 6.07 Å². The van der Waals surface area contributed by atoms with Gasteiger partial charge in [-0.3, -0.25) is 10.1 Å². The van der Waals surface area contributed by atoms with Crippen molar-refractivity contribution in [3.8, 4) is 6.07 Å². The van der Waals surface area contributed by atoms with Crippen molar-refractivity contribution < 1.29 is 9.31 Å². The molecule has 0 saturated heterocycles. The number of hydrogen-bond donors (Lipinski definition) is 1. The van der Waals surface area contributed by atoms with E-state index in [4.69, 9.17) is 5.26 Å². The molecule has 0 aliphatic heterocycles. The average Bonchev–Trinajstić information content (AvgIpc) is 2.69. The Morgan fingerprint density at radius 3 is 2.89 bits per heavy atom. The van der Waals surface area contributed by atoms with Gasteiger partial charge in [-0.2, -0.15) is 5.26 Å². The van der Waals surface area contributed by atoms with E-state index in [1.165, 1.54) is 11.3 Å². The van der Waals surface area contributed by atoms with Crippen LogP contribution in [-0.4, -0.2) is 4.92 Å². The van der Waals surface area contributed by atoms with Crippen LogP contribution in [0.25, 0.3) is 0 Å². The Morgan fingerprint density at radius 1 is 1.53 bits per heavy atom. The number of halogens is 1. The maximum absolute atomic E-state index is 13.2. The van der Waals surface area contributed by atoms with Gasteiger partial charge in [0.2, 0.25) is 0 Å². The lowest BCUT2D eigenvalue weighted by atomic mass is 10.2. The van der Waals surface area contributed by atoms with Crippen molar-refractivity contribution in [2.75, 3.05) is 5.32 Å². The van der Waals surface area contributed by atoms with E-state index in [9.17, 15) is 14.5 Å². The zero-order valence-electron chi connectivity index (χ0n) is 9.81. The number of nitrogens with one attached hydrogen (secondary N) is 1. The van der Waals surface area contributed by atoms with Crippen LogP contribution in [0, 0.1) is 34.2 Å². The van der Waals surface area contributed by atoms with E-state index in [-0.39, 0.29) is 11.4 Å². The van der Waals surface area contributed by atoms with Crippen LogP contribution in [0.5, 0.6) is 0 Å². The van der Waals surface area contributed by atoms with Crippen molar-refractivity contribution in [1.82, 2.24) is 0 Å². The molecule has 0 spiro atoms. The molecule has 0 bridgehead atoms.